The minimum atomic E-state index is -1.51. The lowest BCUT2D eigenvalue weighted by atomic mass is 9.78. The smallest absolute Gasteiger partial charge is 0.492 e. The summed E-state index contributed by atoms with van der Waals surface area (Å²) in [6.45, 7) is 6.00. The Morgan fingerprint density at radius 3 is 2.43 bits per heavy atom. The number of ether oxygens (including phenoxy) is 1. The van der Waals surface area contributed by atoms with Crippen molar-refractivity contribution in [3.05, 3.63) is 23.8 Å². The molecule has 0 saturated carbocycles. The van der Waals surface area contributed by atoms with Crippen molar-refractivity contribution in [1.29, 1.82) is 0 Å². The van der Waals surface area contributed by atoms with Gasteiger partial charge in [0.15, 0.2) is 0 Å². The van der Waals surface area contributed by atoms with Crippen LogP contribution in [0.1, 0.15) is 18.9 Å². The van der Waals surface area contributed by atoms with Crippen molar-refractivity contribution in [3.63, 3.8) is 0 Å². The molecule has 2 N–H and O–H groups in total. The highest BCUT2D eigenvalue weighted by Crippen LogP contribution is 2.12. The molecule has 1 aromatic carbocycles. The molecular formula is C15H27BN2O3. The van der Waals surface area contributed by atoms with Crippen molar-refractivity contribution in [2.24, 2.45) is 0 Å². The molecule has 0 amide bonds. The SMILES string of the molecule is CCN(CCCN(C)C)Cc1ccc(OC)c(B(O)O)c1. The van der Waals surface area contributed by atoms with Gasteiger partial charge >= 0.3 is 7.12 Å². The molecule has 0 radical (unpaired) electrons. The standard InChI is InChI=1S/C15H27BN2O3/c1-5-18(10-6-9-17(2)3)12-13-7-8-15(21-4)14(11-13)16(19)20/h7-8,11,19-20H,5-6,9-10,12H2,1-4H3. The number of hydrogen-bond donors (Lipinski definition) is 2. The summed E-state index contributed by atoms with van der Waals surface area (Å²) in [7, 11) is 4.17. The second-order valence-electron chi connectivity index (χ2n) is 5.48. The summed E-state index contributed by atoms with van der Waals surface area (Å²) in [5, 5.41) is 18.8. The van der Waals surface area contributed by atoms with Gasteiger partial charge in [-0.25, -0.2) is 0 Å². The highest BCUT2D eigenvalue weighted by Gasteiger charge is 2.17. The second kappa shape index (κ2) is 9.05. The first-order valence-electron chi connectivity index (χ1n) is 7.38. The van der Waals surface area contributed by atoms with Crippen molar-refractivity contribution < 1.29 is 14.8 Å². The quantitative estimate of drug-likeness (QED) is 0.635. The van der Waals surface area contributed by atoms with Crippen molar-refractivity contribution >= 4 is 12.6 Å². The lowest BCUT2D eigenvalue weighted by molar-refractivity contribution is 0.259. The average molecular weight is 294 g/mol. The van der Waals surface area contributed by atoms with E-state index in [4.69, 9.17) is 4.74 Å². The van der Waals surface area contributed by atoms with Crippen molar-refractivity contribution in [2.75, 3.05) is 40.8 Å². The summed E-state index contributed by atoms with van der Waals surface area (Å²) < 4.78 is 5.15. The van der Waals surface area contributed by atoms with E-state index in [0.29, 0.717) is 11.2 Å². The molecule has 5 nitrogen and oxygen atoms in total. The topological polar surface area (TPSA) is 56.2 Å². The molecule has 118 valence electrons. The fourth-order valence-electron chi connectivity index (χ4n) is 2.30. The summed E-state index contributed by atoms with van der Waals surface area (Å²) in [5.41, 5.74) is 1.48. The molecular weight excluding hydrogens is 267 g/mol. The van der Waals surface area contributed by atoms with Gasteiger partial charge in [-0.1, -0.05) is 19.1 Å². The van der Waals surface area contributed by atoms with Crippen molar-refractivity contribution in [3.8, 4) is 5.75 Å². The molecule has 0 fully saturated rings. The third kappa shape index (κ3) is 6.05. The van der Waals surface area contributed by atoms with Crippen LogP contribution in [0.3, 0.4) is 0 Å². The van der Waals surface area contributed by atoms with E-state index >= 15 is 0 Å². The van der Waals surface area contributed by atoms with Crippen LogP contribution in [-0.4, -0.2) is 67.8 Å². The lowest BCUT2D eigenvalue weighted by Gasteiger charge is -2.22. The number of nitrogens with zero attached hydrogens (tertiary/aromatic N) is 2. The molecule has 0 bridgehead atoms. The maximum Gasteiger partial charge on any atom is 0.492 e. The molecule has 0 spiro atoms. The normalized spacial score (nSPS) is 11.2. The number of hydrogen-bond acceptors (Lipinski definition) is 5. The van der Waals surface area contributed by atoms with Crippen molar-refractivity contribution in [2.45, 2.75) is 19.9 Å². The van der Waals surface area contributed by atoms with Gasteiger partial charge in [-0.05, 0) is 51.8 Å². The Labute approximate surface area is 128 Å². The molecule has 0 saturated heterocycles. The maximum atomic E-state index is 9.41. The Bertz CT molecular complexity index is 427. The summed E-state index contributed by atoms with van der Waals surface area (Å²) in [6.07, 6.45) is 1.12. The zero-order valence-corrected chi connectivity index (χ0v) is 13.5. The number of benzene rings is 1. The van der Waals surface area contributed by atoms with Gasteiger partial charge in [0.1, 0.15) is 5.75 Å². The molecule has 0 aliphatic heterocycles. The van der Waals surface area contributed by atoms with Crippen LogP contribution in [0.4, 0.5) is 0 Å². The van der Waals surface area contributed by atoms with Crippen LogP contribution in [0.25, 0.3) is 0 Å². The second-order valence-corrected chi connectivity index (χ2v) is 5.48. The van der Waals surface area contributed by atoms with Gasteiger partial charge in [0.25, 0.3) is 0 Å². The third-order valence-corrected chi connectivity index (χ3v) is 3.51. The number of rotatable bonds is 9. The highest BCUT2D eigenvalue weighted by atomic mass is 16.5. The molecule has 0 aliphatic rings. The average Bonchev–Trinajstić information content (AvgIpc) is 2.45. The molecule has 0 unspecified atom stereocenters. The molecule has 1 rings (SSSR count). The predicted molar refractivity (Wildman–Crippen MR) is 86.9 cm³/mol. The van der Waals surface area contributed by atoms with Crippen LogP contribution in [-0.2, 0) is 6.54 Å². The van der Waals surface area contributed by atoms with Crippen LogP contribution in [0.2, 0.25) is 0 Å². The highest BCUT2D eigenvalue weighted by molar-refractivity contribution is 6.59. The van der Waals surface area contributed by atoms with E-state index in [1.807, 2.05) is 6.07 Å². The predicted octanol–water partition coefficient (Wildman–Crippen LogP) is 0.149. The summed E-state index contributed by atoms with van der Waals surface area (Å²) in [6, 6.07) is 5.56. The first kappa shape index (κ1) is 18.0. The van der Waals surface area contributed by atoms with Crippen molar-refractivity contribution in [1.82, 2.24) is 9.80 Å². The first-order chi connectivity index (χ1) is 9.97. The largest absolute Gasteiger partial charge is 0.497 e. The van der Waals surface area contributed by atoms with Crippen LogP contribution < -0.4 is 10.2 Å². The van der Waals surface area contributed by atoms with E-state index in [2.05, 4.69) is 30.8 Å². The Balaban J connectivity index is 2.69. The molecule has 0 heterocycles. The van der Waals surface area contributed by atoms with Gasteiger partial charge < -0.3 is 19.7 Å². The minimum Gasteiger partial charge on any atom is -0.497 e. The Kier molecular flexibility index (Phi) is 7.74. The molecule has 0 atom stereocenters. The molecule has 0 aliphatic carbocycles. The van der Waals surface area contributed by atoms with Gasteiger partial charge in [-0.3, -0.25) is 4.90 Å². The van der Waals surface area contributed by atoms with Gasteiger partial charge in [0.05, 0.1) is 7.11 Å². The van der Waals surface area contributed by atoms with E-state index in [1.165, 1.54) is 7.11 Å². The van der Waals surface area contributed by atoms with E-state index < -0.39 is 7.12 Å². The fraction of sp³-hybridized carbons (Fsp3) is 0.600. The van der Waals surface area contributed by atoms with Crippen LogP contribution >= 0.6 is 0 Å². The fourth-order valence-corrected chi connectivity index (χ4v) is 2.30. The summed E-state index contributed by atoms with van der Waals surface area (Å²) in [4.78, 5) is 4.53. The Morgan fingerprint density at radius 2 is 1.90 bits per heavy atom. The van der Waals surface area contributed by atoms with Crippen LogP contribution in [0.5, 0.6) is 5.75 Å². The maximum absolute atomic E-state index is 9.41. The van der Waals surface area contributed by atoms with Gasteiger partial charge in [0, 0.05) is 12.0 Å². The van der Waals surface area contributed by atoms with Crippen LogP contribution in [0, 0.1) is 0 Å². The molecule has 21 heavy (non-hydrogen) atoms. The molecule has 0 aromatic heterocycles. The van der Waals surface area contributed by atoms with Gasteiger partial charge in [0.2, 0.25) is 0 Å². The zero-order chi connectivity index (χ0) is 15.8. The van der Waals surface area contributed by atoms with Gasteiger partial charge in [-0.15, -0.1) is 0 Å². The van der Waals surface area contributed by atoms with Crippen LogP contribution in [0.15, 0.2) is 18.2 Å². The monoisotopic (exact) mass is 294 g/mol. The minimum absolute atomic E-state index is 0.416. The summed E-state index contributed by atoms with van der Waals surface area (Å²) in [5.74, 6) is 0.504. The van der Waals surface area contributed by atoms with E-state index in [9.17, 15) is 10.0 Å². The third-order valence-electron chi connectivity index (χ3n) is 3.51. The first-order valence-corrected chi connectivity index (χ1v) is 7.38. The Morgan fingerprint density at radius 1 is 1.19 bits per heavy atom. The molecule has 1 aromatic rings. The van der Waals surface area contributed by atoms with E-state index in [1.54, 1.807) is 12.1 Å². The summed E-state index contributed by atoms with van der Waals surface area (Å²) >= 11 is 0. The molecule has 6 heteroatoms. The lowest BCUT2D eigenvalue weighted by Crippen LogP contribution is -2.32. The van der Waals surface area contributed by atoms with E-state index in [0.717, 1.165) is 38.2 Å². The van der Waals surface area contributed by atoms with E-state index in [-0.39, 0.29) is 0 Å². The van der Waals surface area contributed by atoms with Gasteiger partial charge in [-0.2, -0.15) is 0 Å². The zero-order valence-electron chi connectivity index (χ0n) is 13.5. The Hall–Kier alpha value is -1.08. The number of methoxy groups -OCH3 is 1.